The molecule has 30 heavy (non-hydrogen) atoms. The van der Waals surface area contributed by atoms with E-state index in [1.165, 1.54) is 0 Å². The zero-order chi connectivity index (χ0) is 21.1. The first kappa shape index (κ1) is 25.3. The highest BCUT2D eigenvalue weighted by molar-refractivity contribution is 14.0. The van der Waals surface area contributed by atoms with Crippen LogP contribution in [0.15, 0.2) is 47.5 Å². The van der Waals surface area contributed by atoms with Crippen LogP contribution in [0.5, 0.6) is 17.2 Å². The van der Waals surface area contributed by atoms with Gasteiger partial charge in [0.2, 0.25) is 5.91 Å². The van der Waals surface area contributed by atoms with Gasteiger partial charge in [-0.05, 0) is 36.8 Å². The standard InChI is InChI=1S/C21H28N4O4.HI/c1-5-29-19-12-16(8-11-18(19)28-4)25-21(22-2)24-14-20(26)23-13-15-6-9-17(27-3)10-7-15;/h6-12H,5,13-14H2,1-4H3,(H,23,26)(H2,22,24,25);1H. The molecule has 0 radical (unpaired) electrons. The number of hydrogen-bond acceptors (Lipinski definition) is 5. The summed E-state index contributed by atoms with van der Waals surface area (Å²) >= 11 is 0. The molecule has 0 fully saturated rings. The quantitative estimate of drug-likeness (QED) is 0.263. The van der Waals surface area contributed by atoms with Crippen LogP contribution in [0.4, 0.5) is 5.69 Å². The second-order valence-electron chi connectivity index (χ2n) is 5.97. The van der Waals surface area contributed by atoms with Gasteiger partial charge in [-0.15, -0.1) is 24.0 Å². The first-order valence-electron chi connectivity index (χ1n) is 9.27. The predicted octanol–water partition coefficient (Wildman–Crippen LogP) is 3.02. The minimum atomic E-state index is -0.145. The maximum absolute atomic E-state index is 12.1. The minimum absolute atomic E-state index is 0. The van der Waals surface area contributed by atoms with E-state index in [-0.39, 0.29) is 36.4 Å². The second-order valence-corrected chi connectivity index (χ2v) is 5.97. The number of carbonyl (C=O) groups excluding carboxylic acids is 1. The number of carbonyl (C=O) groups is 1. The molecule has 2 aromatic carbocycles. The van der Waals surface area contributed by atoms with Gasteiger partial charge in [-0.2, -0.15) is 0 Å². The molecular formula is C21H29IN4O4. The number of methoxy groups -OCH3 is 2. The average Bonchev–Trinajstić information content (AvgIpc) is 2.76. The molecule has 1 amide bonds. The van der Waals surface area contributed by atoms with Crippen LogP contribution in [0.2, 0.25) is 0 Å². The van der Waals surface area contributed by atoms with E-state index in [2.05, 4.69) is 20.9 Å². The van der Waals surface area contributed by atoms with Gasteiger partial charge in [0, 0.05) is 25.3 Å². The molecule has 0 aromatic heterocycles. The first-order valence-corrected chi connectivity index (χ1v) is 9.27. The van der Waals surface area contributed by atoms with E-state index in [0.717, 1.165) is 17.0 Å². The summed E-state index contributed by atoms with van der Waals surface area (Å²) in [4.78, 5) is 16.3. The number of amides is 1. The maximum atomic E-state index is 12.1. The molecule has 0 heterocycles. The topological polar surface area (TPSA) is 93.2 Å². The third-order valence-electron chi connectivity index (χ3n) is 4.01. The van der Waals surface area contributed by atoms with Crippen molar-refractivity contribution in [2.75, 3.05) is 39.7 Å². The fourth-order valence-electron chi connectivity index (χ4n) is 2.51. The smallest absolute Gasteiger partial charge is 0.239 e. The second kappa shape index (κ2) is 13.5. The number of anilines is 1. The van der Waals surface area contributed by atoms with Gasteiger partial charge < -0.3 is 30.2 Å². The van der Waals surface area contributed by atoms with Gasteiger partial charge in [-0.25, -0.2) is 0 Å². The van der Waals surface area contributed by atoms with Gasteiger partial charge >= 0.3 is 0 Å². The summed E-state index contributed by atoms with van der Waals surface area (Å²) in [5.41, 5.74) is 1.75. The van der Waals surface area contributed by atoms with Crippen molar-refractivity contribution >= 4 is 41.5 Å². The Balaban J connectivity index is 0.00000450. The normalized spacial score (nSPS) is 10.5. The van der Waals surface area contributed by atoms with Crippen LogP contribution in [-0.4, -0.2) is 46.3 Å². The van der Waals surface area contributed by atoms with E-state index in [4.69, 9.17) is 14.2 Å². The lowest BCUT2D eigenvalue weighted by Crippen LogP contribution is -2.39. The molecule has 8 nitrogen and oxygen atoms in total. The molecular weight excluding hydrogens is 499 g/mol. The fraction of sp³-hybridized carbons (Fsp3) is 0.333. The molecule has 0 atom stereocenters. The molecule has 0 spiro atoms. The van der Waals surface area contributed by atoms with Gasteiger partial charge in [0.1, 0.15) is 5.75 Å². The zero-order valence-electron chi connectivity index (χ0n) is 17.7. The van der Waals surface area contributed by atoms with Crippen LogP contribution in [0, 0.1) is 0 Å². The Labute approximate surface area is 194 Å². The monoisotopic (exact) mass is 528 g/mol. The van der Waals surface area contributed by atoms with Gasteiger partial charge in [0.15, 0.2) is 17.5 Å². The van der Waals surface area contributed by atoms with Crippen molar-refractivity contribution in [1.82, 2.24) is 10.6 Å². The number of rotatable bonds is 9. The lowest BCUT2D eigenvalue weighted by molar-refractivity contribution is -0.120. The van der Waals surface area contributed by atoms with Crippen LogP contribution in [0.25, 0.3) is 0 Å². The molecule has 9 heteroatoms. The highest BCUT2D eigenvalue weighted by atomic mass is 127. The first-order chi connectivity index (χ1) is 14.1. The molecule has 0 aliphatic rings. The lowest BCUT2D eigenvalue weighted by Gasteiger charge is -2.14. The Hall–Kier alpha value is -2.69. The third-order valence-corrected chi connectivity index (χ3v) is 4.01. The van der Waals surface area contributed by atoms with E-state index in [0.29, 0.717) is 30.6 Å². The minimum Gasteiger partial charge on any atom is -0.497 e. The number of hydrogen-bond donors (Lipinski definition) is 3. The molecule has 0 unspecified atom stereocenters. The number of nitrogens with one attached hydrogen (secondary N) is 3. The summed E-state index contributed by atoms with van der Waals surface area (Å²) in [5.74, 6) is 2.39. The number of aliphatic imine (C=N–C) groups is 1. The molecule has 0 saturated heterocycles. The van der Waals surface area contributed by atoms with E-state index < -0.39 is 0 Å². The van der Waals surface area contributed by atoms with E-state index in [9.17, 15) is 4.79 Å². The Morgan fingerprint density at radius 3 is 2.33 bits per heavy atom. The van der Waals surface area contributed by atoms with Crippen LogP contribution in [-0.2, 0) is 11.3 Å². The van der Waals surface area contributed by atoms with Crippen LogP contribution in [0.3, 0.4) is 0 Å². The largest absolute Gasteiger partial charge is 0.497 e. The summed E-state index contributed by atoms with van der Waals surface area (Å²) in [6, 6.07) is 13.0. The number of ether oxygens (including phenoxy) is 3. The van der Waals surface area contributed by atoms with Gasteiger partial charge in [-0.1, -0.05) is 12.1 Å². The number of benzene rings is 2. The third kappa shape index (κ3) is 7.97. The zero-order valence-corrected chi connectivity index (χ0v) is 20.0. The molecule has 164 valence electrons. The highest BCUT2D eigenvalue weighted by Crippen LogP contribution is 2.30. The predicted molar refractivity (Wildman–Crippen MR) is 129 cm³/mol. The fourth-order valence-corrected chi connectivity index (χ4v) is 2.51. The lowest BCUT2D eigenvalue weighted by atomic mass is 10.2. The van der Waals surface area contributed by atoms with Crippen molar-refractivity contribution in [1.29, 1.82) is 0 Å². The Bertz CT molecular complexity index is 828. The van der Waals surface area contributed by atoms with Gasteiger partial charge in [-0.3, -0.25) is 9.79 Å². The summed E-state index contributed by atoms with van der Waals surface area (Å²) in [7, 11) is 4.85. The summed E-state index contributed by atoms with van der Waals surface area (Å²) in [6.45, 7) is 2.96. The summed E-state index contributed by atoms with van der Waals surface area (Å²) in [5, 5.41) is 8.98. The Morgan fingerprint density at radius 1 is 1.00 bits per heavy atom. The van der Waals surface area contributed by atoms with Crippen LogP contribution >= 0.6 is 24.0 Å². The number of nitrogens with zero attached hydrogens (tertiary/aromatic N) is 1. The van der Waals surface area contributed by atoms with Crippen molar-refractivity contribution < 1.29 is 19.0 Å². The van der Waals surface area contributed by atoms with Crippen molar-refractivity contribution in [3.63, 3.8) is 0 Å². The molecule has 2 rings (SSSR count). The van der Waals surface area contributed by atoms with Crippen LogP contribution in [0.1, 0.15) is 12.5 Å². The summed E-state index contributed by atoms with van der Waals surface area (Å²) < 4.78 is 16.0. The summed E-state index contributed by atoms with van der Waals surface area (Å²) in [6.07, 6.45) is 0. The Kier molecular flexibility index (Phi) is 11.4. The highest BCUT2D eigenvalue weighted by Gasteiger charge is 2.08. The molecule has 0 aliphatic heterocycles. The van der Waals surface area contributed by atoms with Crippen molar-refractivity contribution in [2.45, 2.75) is 13.5 Å². The SMILES string of the molecule is CCOc1cc(NC(=NC)NCC(=O)NCc2ccc(OC)cc2)ccc1OC.I. The van der Waals surface area contributed by atoms with Crippen molar-refractivity contribution in [2.24, 2.45) is 4.99 Å². The Morgan fingerprint density at radius 2 is 1.73 bits per heavy atom. The number of guanidine groups is 1. The molecule has 2 aromatic rings. The molecule has 0 saturated carbocycles. The van der Waals surface area contributed by atoms with Gasteiger partial charge in [0.05, 0.1) is 27.4 Å². The van der Waals surface area contributed by atoms with E-state index >= 15 is 0 Å². The molecule has 0 bridgehead atoms. The van der Waals surface area contributed by atoms with Crippen molar-refractivity contribution in [3.05, 3.63) is 48.0 Å². The maximum Gasteiger partial charge on any atom is 0.239 e. The average molecular weight is 528 g/mol. The van der Waals surface area contributed by atoms with Crippen LogP contribution < -0.4 is 30.2 Å². The van der Waals surface area contributed by atoms with E-state index in [1.54, 1.807) is 21.3 Å². The molecule has 0 aliphatic carbocycles. The van der Waals surface area contributed by atoms with Crippen molar-refractivity contribution in [3.8, 4) is 17.2 Å². The number of halogens is 1. The van der Waals surface area contributed by atoms with E-state index in [1.807, 2.05) is 49.4 Å². The molecule has 3 N–H and O–H groups in total. The van der Waals surface area contributed by atoms with Gasteiger partial charge in [0.25, 0.3) is 0 Å².